The zero-order valence-electron chi connectivity index (χ0n) is 24.3. The van der Waals surface area contributed by atoms with Gasteiger partial charge in [0.1, 0.15) is 11.8 Å². The lowest BCUT2D eigenvalue weighted by molar-refractivity contribution is -0.140. The van der Waals surface area contributed by atoms with Crippen molar-refractivity contribution in [2.24, 2.45) is 0 Å². The van der Waals surface area contributed by atoms with Gasteiger partial charge in [0.2, 0.25) is 5.91 Å². The number of aromatic nitrogens is 2. The molecule has 0 amide bonds. The third kappa shape index (κ3) is 7.21. The number of hydrogen-bond donors (Lipinski definition) is 1. The van der Waals surface area contributed by atoms with E-state index in [1.54, 1.807) is 16.8 Å². The topological polar surface area (TPSA) is 98.4 Å². The van der Waals surface area contributed by atoms with Crippen LogP contribution in [0.2, 0.25) is 0 Å². The maximum Gasteiger partial charge on any atom is 0.327 e. The first-order valence-corrected chi connectivity index (χ1v) is 16.1. The molecule has 1 aromatic carbocycles. The Bertz CT molecular complexity index is 1450. The third-order valence-corrected chi connectivity index (χ3v) is 9.13. The highest BCUT2D eigenvalue weighted by molar-refractivity contribution is 7.99. The number of hydrogen-bond acceptors (Lipinski definition) is 5. The van der Waals surface area contributed by atoms with Crippen LogP contribution in [0.25, 0.3) is 22.0 Å². The van der Waals surface area contributed by atoms with E-state index >= 15 is 0 Å². The third-order valence-electron chi connectivity index (χ3n) is 7.97. The van der Waals surface area contributed by atoms with Crippen LogP contribution in [-0.4, -0.2) is 37.7 Å². The second-order valence-electron chi connectivity index (χ2n) is 11.1. The number of carboxylic acid groups (broad SMARTS) is 1. The number of nitrogens with zero attached hydrogens (tertiary/aromatic N) is 2. The van der Waals surface area contributed by atoms with E-state index in [9.17, 15) is 24.3 Å². The number of thioether (sulfide) groups is 1. The maximum atomic E-state index is 13.4. The molecule has 0 bridgehead atoms. The number of pyridine rings is 1. The fraction of sp³-hybridized carbons (Fsp3) is 0.515. The van der Waals surface area contributed by atoms with Gasteiger partial charge in [0.05, 0.1) is 17.0 Å². The minimum atomic E-state index is -1.03. The summed E-state index contributed by atoms with van der Waals surface area (Å²) in [7, 11) is 0. The monoisotopic (exact) mass is 578 g/mol. The summed E-state index contributed by atoms with van der Waals surface area (Å²) in [4.78, 5) is 51.3. The Balaban J connectivity index is 1.71. The first kappa shape index (κ1) is 30.8. The van der Waals surface area contributed by atoms with Crippen molar-refractivity contribution in [2.75, 3.05) is 5.75 Å². The molecule has 2 aromatic heterocycles. The Morgan fingerprint density at radius 3 is 2.34 bits per heavy atom. The summed E-state index contributed by atoms with van der Waals surface area (Å²) in [6.07, 6.45) is 13.4. The number of ketones is 1. The molecule has 4 rings (SSSR count). The molecule has 0 spiro atoms. The molecule has 220 valence electrons. The van der Waals surface area contributed by atoms with E-state index in [2.05, 4.69) is 13.8 Å². The van der Waals surface area contributed by atoms with Gasteiger partial charge in [-0.1, -0.05) is 83.4 Å². The zero-order chi connectivity index (χ0) is 29.4. The van der Waals surface area contributed by atoms with Gasteiger partial charge < -0.3 is 5.11 Å². The maximum absolute atomic E-state index is 13.4. The van der Waals surface area contributed by atoms with Crippen molar-refractivity contribution in [1.82, 2.24) is 9.13 Å². The molecule has 8 heteroatoms. The highest BCUT2D eigenvalue weighted by Gasteiger charge is 2.34. The van der Waals surface area contributed by atoms with Gasteiger partial charge in [-0.25, -0.2) is 4.79 Å². The molecule has 3 heterocycles. The molecule has 0 aliphatic carbocycles. The smallest absolute Gasteiger partial charge is 0.327 e. The highest BCUT2D eigenvalue weighted by atomic mass is 32.2. The quantitative estimate of drug-likeness (QED) is 0.138. The fourth-order valence-electron chi connectivity index (χ4n) is 5.76. The number of aliphatic carboxylic acids is 1. The minimum absolute atomic E-state index is 0.0504. The highest BCUT2D eigenvalue weighted by Crippen LogP contribution is 2.44. The number of carboxylic acids is 1. The van der Waals surface area contributed by atoms with Crippen LogP contribution in [0.5, 0.6) is 0 Å². The largest absolute Gasteiger partial charge is 0.480 e. The van der Waals surface area contributed by atoms with E-state index in [-0.39, 0.29) is 29.4 Å². The van der Waals surface area contributed by atoms with Crippen molar-refractivity contribution in [3.8, 4) is 11.1 Å². The Hall–Kier alpha value is -3.13. The number of aryl methyl sites for hydroxylation is 1. The molecule has 1 N–H and O–H groups in total. The fourth-order valence-corrected chi connectivity index (χ4v) is 7.11. The molecule has 1 atom stereocenters. The van der Waals surface area contributed by atoms with Crippen LogP contribution in [0.3, 0.4) is 0 Å². The number of carbonyl (C=O) groups excluding carboxylic acids is 2. The molecule has 0 saturated carbocycles. The van der Waals surface area contributed by atoms with Gasteiger partial charge in [-0.15, -0.1) is 11.8 Å². The van der Waals surface area contributed by atoms with Gasteiger partial charge in [-0.05, 0) is 30.9 Å². The van der Waals surface area contributed by atoms with Crippen molar-refractivity contribution in [2.45, 2.75) is 108 Å². The van der Waals surface area contributed by atoms with Crippen LogP contribution in [0.1, 0.15) is 107 Å². The second-order valence-corrected chi connectivity index (χ2v) is 12.1. The normalized spacial score (nSPS) is 14.4. The molecule has 7 nitrogen and oxygen atoms in total. The molecule has 0 fully saturated rings. The summed E-state index contributed by atoms with van der Waals surface area (Å²) in [6, 6.07) is 8.27. The van der Waals surface area contributed by atoms with Crippen LogP contribution >= 0.6 is 11.8 Å². The van der Waals surface area contributed by atoms with Crippen molar-refractivity contribution >= 4 is 40.3 Å². The van der Waals surface area contributed by atoms with Crippen molar-refractivity contribution < 1.29 is 19.5 Å². The molecule has 0 saturated heterocycles. The van der Waals surface area contributed by atoms with Gasteiger partial charge in [-0.2, -0.15) is 0 Å². The summed E-state index contributed by atoms with van der Waals surface area (Å²) in [6.45, 7) is 4.33. The lowest BCUT2D eigenvalue weighted by Crippen LogP contribution is -2.29. The SMILES string of the molecule is CCCCCCCC(=O)CC(=O)n1cc(-c2c(CCCCCCC)cc(=O)n3c2SCC3C(=O)O)c2ccccc21. The van der Waals surface area contributed by atoms with E-state index in [4.69, 9.17) is 0 Å². The van der Waals surface area contributed by atoms with E-state index in [0.29, 0.717) is 23.4 Å². The summed E-state index contributed by atoms with van der Waals surface area (Å²) < 4.78 is 2.97. The number of carbonyl (C=O) groups is 3. The van der Waals surface area contributed by atoms with Crippen LogP contribution in [0, 0.1) is 0 Å². The summed E-state index contributed by atoms with van der Waals surface area (Å²) >= 11 is 1.39. The predicted octanol–water partition coefficient (Wildman–Crippen LogP) is 7.67. The molecular weight excluding hydrogens is 536 g/mol. The summed E-state index contributed by atoms with van der Waals surface area (Å²) in [5.74, 6) is -1.07. The van der Waals surface area contributed by atoms with Crippen molar-refractivity contribution in [3.05, 3.63) is 52.4 Å². The molecule has 0 radical (unpaired) electrons. The van der Waals surface area contributed by atoms with Crippen molar-refractivity contribution in [1.29, 1.82) is 0 Å². The lowest BCUT2D eigenvalue weighted by Gasteiger charge is -2.16. The average Bonchev–Trinajstić information content (AvgIpc) is 3.56. The Morgan fingerprint density at radius 1 is 0.951 bits per heavy atom. The summed E-state index contributed by atoms with van der Waals surface area (Å²) in [5, 5.41) is 11.3. The number of rotatable bonds is 16. The van der Waals surface area contributed by atoms with Crippen molar-refractivity contribution in [3.63, 3.8) is 0 Å². The molecule has 41 heavy (non-hydrogen) atoms. The molecule has 1 aliphatic heterocycles. The number of fused-ring (bicyclic) bond motifs is 2. The molecule has 3 aromatic rings. The lowest BCUT2D eigenvalue weighted by atomic mass is 9.96. The van der Waals surface area contributed by atoms with Gasteiger partial charge in [0.25, 0.3) is 5.56 Å². The van der Waals surface area contributed by atoms with Crippen LogP contribution in [0.4, 0.5) is 0 Å². The Labute approximate surface area is 246 Å². The average molecular weight is 579 g/mol. The van der Waals surface area contributed by atoms with E-state index in [1.807, 2.05) is 24.3 Å². The van der Waals surface area contributed by atoms with E-state index < -0.39 is 12.0 Å². The number of unbranched alkanes of at least 4 members (excludes halogenated alkanes) is 8. The second kappa shape index (κ2) is 14.7. The minimum Gasteiger partial charge on any atom is -0.480 e. The predicted molar refractivity (Wildman–Crippen MR) is 165 cm³/mol. The number of Topliss-reactive ketones (excluding diaryl/α,β-unsaturated/α-hetero) is 1. The standard InChI is InChI=1S/C33H42N2O5S/c1-3-5-7-9-11-15-23-19-30(38)35-28(33(39)40)22-41-32(35)31(23)26-21-34(27-18-14-13-17-25(26)27)29(37)20-24(36)16-12-10-8-6-4-2/h13-14,17-19,21,28H,3-12,15-16,20,22H2,1-2H3,(H,39,40). The molecule has 1 aliphatic rings. The van der Waals surface area contributed by atoms with Gasteiger partial charge in [-0.3, -0.25) is 23.5 Å². The number of benzene rings is 1. The van der Waals surface area contributed by atoms with Crippen LogP contribution < -0.4 is 5.56 Å². The first-order valence-electron chi connectivity index (χ1n) is 15.2. The van der Waals surface area contributed by atoms with Crippen LogP contribution in [-0.2, 0) is 16.0 Å². The zero-order valence-corrected chi connectivity index (χ0v) is 25.1. The Morgan fingerprint density at radius 2 is 1.63 bits per heavy atom. The molecular formula is C33H42N2O5S. The van der Waals surface area contributed by atoms with Gasteiger partial charge in [0, 0.05) is 41.0 Å². The Kier molecular flexibility index (Phi) is 11.0. The summed E-state index contributed by atoms with van der Waals surface area (Å²) in [5.41, 5.74) is 2.93. The van der Waals surface area contributed by atoms with E-state index in [0.717, 1.165) is 79.9 Å². The van der Waals surface area contributed by atoms with Gasteiger partial charge in [0.15, 0.2) is 0 Å². The number of para-hydroxylation sites is 1. The molecule has 1 unspecified atom stereocenters. The van der Waals surface area contributed by atoms with E-state index in [1.165, 1.54) is 22.7 Å². The first-order chi connectivity index (χ1) is 19.9. The van der Waals surface area contributed by atoms with Gasteiger partial charge >= 0.3 is 5.97 Å². The van der Waals surface area contributed by atoms with Crippen LogP contribution in [0.15, 0.2) is 46.3 Å².